The largest absolute Gasteiger partial charge is 0.393 e. The standard InChI is InChI=1S/C29H50O2/c1-6-27(30)21-10-9-20-11-12-23-22(24(20)18-21)15-17-29(5)25(13-14-26(23)29)19(2)8-7-16-28(3,4)31/h11,19,21-27,30-31H,6-10,12-18H2,1-5H3/t19-,21?,22+,23-,24+,25-,26+,27?,29-/m1/s1. The molecule has 2 nitrogen and oxygen atoms in total. The van der Waals surface area contributed by atoms with Crippen LogP contribution in [0.2, 0.25) is 0 Å². The molecule has 3 fully saturated rings. The summed E-state index contributed by atoms with van der Waals surface area (Å²) >= 11 is 0. The molecule has 0 aromatic carbocycles. The smallest absolute Gasteiger partial charge is 0.0591 e. The Labute approximate surface area is 192 Å². The highest BCUT2D eigenvalue weighted by Gasteiger charge is 2.56. The van der Waals surface area contributed by atoms with Gasteiger partial charge in [-0.2, -0.15) is 0 Å². The number of rotatable bonds is 7. The van der Waals surface area contributed by atoms with E-state index in [4.69, 9.17) is 0 Å². The van der Waals surface area contributed by atoms with E-state index in [1.54, 1.807) is 5.57 Å². The molecule has 9 atom stereocenters. The van der Waals surface area contributed by atoms with Gasteiger partial charge in [-0.05, 0) is 125 Å². The van der Waals surface area contributed by atoms with Gasteiger partial charge in [0.1, 0.15) is 0 Å². The number of aliphatic hydroxyl groups excluding tert-OH is 1. The van der Waals surface area contributed by atoms with Crippen molar-refractivity contribution in [3.8, 4) is 0 Å². The predicted molar refractivity (Wildman–Crippen MR) is 130 cm³/mol. The Balaban J connectivity index is 1.43. The molecule has 31 heavy (non-hydrogen) atoms. The molecule has 0 bridgehead atoms. The van der Waals surface area contributed by atoms with E-state index >= 15 is 0 Å². The van der Waals surface area contributed by atoms with Crippen LogP contribution in [-0.4, -0.2) is 21.9 Å². The zero-order chi connectivity index (χ0) is 22.4. The average molecular weight is 431 g/mol. The van der Waals surface area contributed by atoms with Crippen LogP contribution in [0.5, 0.6) is 0 Å². The number of hydrogen-bond donors (Lipinski definition) is 2. The van der Waals surface area contributed by atoms with Crippen LogP contribution in [0.4, 0.5) is 0 Å². The van der Waals surface area contributed by atoms with Gasteiger partial charge in [-0.3, -0.25) is 0 Å². The van der Waals surface area contributed by atoms with E-state index in [2.05, 4.69) is 26.8 Å². The summed E-state index contributed by atoms with van der Waals surface area (Å²) in [4.78, 5) is 0. The van der Waals surface area contributed by atoms with Crippen molar-refractivity contribution in [2.24, 2.45) is 46.8 Å². The summed E-state index contributed by atoms with van der Waals surface area (Å²) in [6, 6.07) is 0. The lowest BCUT2D eigenvalue weighted by atomic mass is 9.50. The maximum Gasteiger partial charge on any atom is 0.0591 e. The molecule has 3 saturated carbocycles. The minimum Gasteiger partial charge on any atom is -0.393 e. The second-order valence-electron chi connectivity index (χ2n) is 13.0. The van der Waals surface area contributed by atoms with Crippen molar-refractivity contribution in [3.63, 3.8) is 0 Å². The monoisotopic (exact) mass is 430 g/mol. The number of hydrogen-bond acceptors (Lipinski definition) is 2. The fourth-order valence-corrected chi connectivity index (χ4v) is 8.99. The second-order valence-corrected chi connectivity index (χ2v) is 13.0. The Kier molecular flexibility index (Phi) is 7.01. The van der Waals surface area contributed by atoms with Gasteiger partial charge in [0.05, 0.1) is 11.7 Å². The molecule has 2 N–H and O–H groups in total. The van der Waals surface area contributed by atoms with Gasteiger partial charge in [0.25, 0.3) is 0 Å². The van der Waals surface area contributed by atoms with Crippen molar-refractivity contribution in [2.45, 2.75) is 123 Å². The Hall–Kier alpha value is -0.340. The molecule has 0 saturated heterocycles. The molecular weight excluding hydrogens is 380 g/mol. The van der Waals surface area contributed by atoms with Crippen molar-refractivity contribution in [1.82, 2.24) is 0 Å². The molecule has 0 aromatic heterocycles. The maximum absolute atomic E-state index is 10.5. The minimum absolute atomic E-state index is 0.0867. The lowest BCUT2D eigenvalue weighted by Crippen LogP contribution is -2.47. The van der Waals surface area contributed by atoms with Crippen LogP contribution < -0.4 is 0 Å². The second kappa shape index (κ2) is 9.13. The third-order valence-corrected chi connectivity index (χ3v) is 10.7. The van der Waals surface area contributed by atoms with Crippen molar-refractivity contribution >= 4 is 0 Å². The molecule has 0 heterocycles. The lowest BCUT2D eigenvalue weighted by molar-refractivity contribution is -0.0342. The zero-order valence-electron chi connectivity index (χ0n) is 21.1. The van der Waals surface area contributed by atoms with E-state index < -0.39 is 5.60 Å². The number of aliphatic hydroxyl groups is 2. The van der Waals surface area contributed by atoms with E-state index in [9.17, 15) is 10.2 Å². The zero-order valence-corrected chi connectivity index (χ0v) is 21.1. The third-order valence-electron chi connectivity index (χ3n) is 10.7. The van der Waals surface area contributed by atoms with Crippen LogP contribution in [0.3, 0.4) is 0 Å². The van der Waals surface area contributed by atoms with E-state index in [0.717, 1.165) is 54.8 Å². The van der Waals surface area contributed by atoms with E-state index in [-0.39, 0.29) is 6.10 Å². The number of allylic oxidation sites excluding steroid dienone is 2. The summed E-state index contributed by atoms with van der Waals surface area (Å²) in [5, 5.41) is 20.6. The third kappa shape index (κ3) is 4.68. The quantitative estimate of drug-likeness (QED) is 0.421. The van der Waals surface area contributed by atoms with Gasteiger partial charge in [-0.25, -0.2) is 0 Å². The summed E-state index contributed by atoms with van der Waals surface area (Å²) in [5.74, 6) is 5.63. The molecule has 178 valence electrons. The number of fused-ring (bicyclic) bond motifs is 5. The minimum atomic E-state index is -0.519. The topological polar surface area (TPSA) is 40.5 Å². The van der Waals surface area contributed by atoms with Crippen molar-refractivity contribution < 1.29 is 10.2 Å². The van der Waals surface area contributed by atoms with Gasteiger partial charge in [0.15, 0.2) is 0 Å². The Morgan fingerprint density at radius 2 is 1.94 bits per heavy atom. The van der Waals surface area contributed by atoms with Crippen molar-refractivity contribution in [2.75, 3.05) is 0 Å². The summed E-state index contributed by atoms with van der Waals surface area (Å²) in [7, 11) is 0. The van der Waals surface area contributed by atoms with E-state index in [1.165, 1.54) is 57.8 Å². The van der Waals surface area contributed by atoms with Gasteiger partial charge in [0, 0.05) is 0 Å². The molecule has 0 spiro atoms. The molecular formula is C29H50O2. The molecule has 4 aliphatic carbocycles. The SMILES string of the molecule is CCC(O)C1CCC2=CC[C@@H]3[C@H](CC[C@]4(C)[C@@H]([C@H](C)CCCC(C)(C)O)CC[C@@H]34)[C@H]2C1. The highest BCUT2D eigenvalue weighted by Crippen LogP contribution is 2.65. The first-order chi connectivity index (χ1) is 14.6. The van der Waals surface area contributed by atoms with Crippen LogP contribution in [0.25, 0.3) is 0 Å². The van der Waals surface area contributed by atoms with Gasteiger partial charge in [-0.1, -0.05) is 45.3 Å². The molecule has 4 rings (SSSR count). The van der Waals surface area contributed by atoms with E-state index in [1.807, 2.05) is 13.8 Å². The maximum atomic E-state index is 10.5. The molecule has 2 unspecified atom stereocenters. The van der Waals surface area contributed by atoms with E-state index in [0.29, 0.717) is 11.3 Å². The highest BCUT2D eigenvalue weighted by molar-refractivity contribution is 5.20. The Bertz CT molecular complexity index is 646. The summed E-state index contributed by atoms with van der Waals surface area (Å²) in [6.07, 6.45) is 17.6. The van der Waals surface area contributed by atoms with Crippen molar-refractivity contribution in [3.05, 3.63) is 11.6 Å². The first-order valence-electron chi connectivity index (χ1n) is 13.7. The molecule has 2 heteroatoms. The summed E-state index contributed by atoms with van der Waals surface area (Å²) < 4.78 is 0. The lowest BCUT2D eigenvalue weighted by Gasteiger charge is -2.55. The molecule has 0 aromatic rings. The Morgan fingerprint density at radius 1 is 1.16 bits per heavy atom. The fourth-order valence-electron chi connectivity index (χ4n) is 8.99. The highest BCUT2D eigenvalue weighted by atomic mass is 16.3. The average Bonchev–Trinajstić information content (AvgIpc) is 3.08. The van der Waals surface area contributed by atoms with Gasteiger partial charge < -0.3 is 10.2 Å². The van der Waals surface area contributed by atoms with Gasteiger partial charge in [-0.15, -0.1) is 0 Å². The van der Waals surface area contributed by atoms with Crippen LogP contribution >= 0.6 is 0 Å². The van der Waals surface area contributed by atoms with Crippen LogP contribution in [0.1, 0.15) is 112 Å². The Morgan fingerprint density at radius 3 is 2.65 bits per heavy atom. The fraction of sp³-hybridized carbons (Fsp3) is 0.931. The van der Waals surface area contributed by atoms with Gasteiger partial charge in [0.2, 0.25) is 0 Å². The van der Waals surface area contributed by atoms with Crippen LogP contribution in [-0.2, 0) is 0 Å². The first kappa shape index (κ1) is 23.8. The molecule has 0 aliphatic heterocycles. The summed E-state index contributed by atoms with van der Waals surface area (Å²) in [5.41, 5.74) is 1.77. The summed E-state index contributed by atoms with van der Waals surface area (Å²) in [6.45, 7) is 11.2. The van der Waals surface area contributed by atoms with Crippen LogP contribution in [0.15, 0.2) is 11.6 Å². The van der Waals surface area contributed by atoms with Gasteiger partial charge >= 0.3 is 0 Å². The van der Waals surface area contributed by atoms with Crippen molar-refractivity contribution in [1.29, 1.82) is 0 Å². The molecule has 0 radical (unpaired) electrons. The predicted octanol–water partition coefficient (Wildman–Crippen LogP) is 7.14. The normalized spacial score (nSPS) is 42.2. The van der Waals surface area contributed by atoms with Crippen LogP contribution in [0, 0.1) is 46.8 Å². The molecule has 0 amide bonds. The molecule has 4 aliphatic rings. The first-order valence-corrected chi connectivity index (χ1v) is 13.7.